The summed E-state index contributed by atoms with van der Waals surface area (Å²) in [5.41, 5.74) is 2.23. The van der Waals surface area contributed by atoms with E-state index < -0.39 is 17.7 Å². The molecule has 0 saturated carbocycles. The number of aryl methyl sites for hydroxylation is 1. The van der Waals surface area contributed by atoms with Gasteiger partial charge in [0, 0.05) is 5.56 Å². The molecule has 2 aromatic rings. The van der Waals surface area contributed by atoms with Crippen LogP contribution in [0.15, 0.2) is 54.6 Å². The van der Waals surface area contributed by atoms with Gasteiger partial charge in [-0.3, -0.25) is 14.8 Å². The van der Waals surface area contributed by atoms with E-state index in [9.17, 15) is 14.8 Å². The highest BCUT2D eigenvalue weighted by Crippen LogP contribution is 2.31. The molecule has 0 fully saturated rings. The molecule has 0 bridgehead atoms. The van der Waals surface area contributed by atoms with E-state index in [-0.39, 0.29) is 5.06 Å². The lowest BCUT2D eigenvalue weighted by atomic mass is 9.85. The minimum atomic E-state index is -0.647. The number of hydroxylamine groups is 2. The molecule has 4 heteroatoms. The summed E-state index contributed by atoms with van der Waals surface area (Å²) in [6.07, 6.45) is 1.28. The number of hydrogen-bond donors (Lipinski definition) is 1. The Balaban J connectivity index is 1.88. The van der Waals surface area contributed by atoms with Crippen molar-refractivity contribution in [1.29, 1.82) is 0 Å². The molecule has 0 radical (unpaired) electrons. The van der Waals surface area contributed by atoms with Crippen LogP contribution in [-0.2, 0) is 11.2 Å². The second kappa shape index (κ2) is 5.50. The van der Waals surface area contributed by atoms with Crippen LogP contribution in [0.25, 0.3) is 0 Å². The third-order valence-corrected chi connectivity index (χ3v) is 3.83. The maximum atomic E-state index is 12.2. The van der Waals surface area contributed by atoms with Crippen LogP contribution in [0.3, 0.4) is 0 Å². The van der Waals surface area contributed by atoms with Crippen molar-refractivity contribution < 1.29 is 14.8 Å². The van der Waals surface area contributed by atoms with E-state index in [1.807, 2.05) is 36.4 Å². The van der Waals surface area contributed by atoms with Crippen molar-refractivity contribution in [2.24, 2.45) is 0 Å². The van der Waals surface area contributed by atoms with Crippen LogP contribution in [0.4, 0.5) is 0 Å². The van der Waals surface area contributed by atoms with Crippen molar-refractivity contribution >= 4 is 11.8 Å². The van der Waals surface area contributed by atoms with E-state index in [4.69, 9.17) is 0 Å². The fourth-order valence-corrected chi connectivity index (χ4v) is 2.73. The molecule has 1 atom stereocenters. The first-order valence-corrected chi connectivity index (χ1v) is 6.88. The van der Waals surface area contributed by atoms with E-state index in [0.717, 1.165) is 5.56 Å². The standard InChI is InChI=1S/C17H15NO3/c19-16-14-9-5-4-8-13(14)15(17(20)18(16)21)11-10-12-6-2-1-3-7-12/h1-9,15,21H,10-11H2/t15-/m1/s1. The molecule has 0 unspecified atom stereocenters. The van der Waals surface area contributed by atoms with Crippen LogP contribution in [-0.4, -0.2) is 22.1 Å². The predicted molar refractivity (Wildman–Crippen MR) is 76.9 cm³/mol. The van der Waals surface area contributed by atoms with Crippen LogP contribution in [0, 0.1) is 0 Å². The summed E-state index contributed by atoms with van der Waals surface area (Å²) in [5.74, 6) is -1.68. The smallest absolute Gasteiger partial charge is 0.278 e. The molecule has 4 nitrogen and oxygen atoms in total. The van der Waals surface area contributed by atoms with Crippen molar-refractivity contribution in [3.05, 3.63) is 71.3 Å². The summed E-state index contributed by atoms with van der Waals surface area (Å²) in [7, 11) is 0. The quantitative estimate of drug-likeness (QED) is 0.695. The fraction of sp³-hybridized carbons (Fsp3) is 0.176. The highest BCUT2D eigenvalue weighted by molar-refractivity contribution is 6.10. The minimum absolute atomic E-state index is 0.248. The van der Waals surface area contributed by atoms with Gasteiger partial charge >= 0.3 is 0 Å². The maximum Gasteiger partial charge on any atom is 0.284 e. The van der Waals surface area contributed by atoms with Gasteiger partial charge in [0.2, 0.25) is 0 Å². The average Bonchev–Trinajstić information content (AvgIpc) is 2.54. The van der Waals surface area contributed by atoms with Crippen molar-refractivity contribution in [2.75, 3.05) is 0 Å². The number of hydrogen-bond acceptors (Lipinski definition) is 3. The summed E-state index contributed by atoms with van der Waals surface area (Å²) in [5, 5.41) is 9.94. The summed E-state index contributed by atoms with van der Waals surface area (Å²) in [4.78, 5) is 24.1. The second-order valence-electron chi connectivity index (χ2n) is 5.12. The second-order valence-corrected chi connectivity index (χ2v) is 5.12. The molecule has 1 aliphatic rings. The first kappa shape index (κ1) is 13.5. The summed E-state index contributed by atoms with van der Waals surface area (Å²) >= 11 is 0. The van der Waals surface area contributed by atoms with Crippen molar-refractivity contribution in [1.82, 2.24) is 5.06 Å². The molecule has 2 aromatic carbocycles. The Labute approximate surface area is 122 Å². The third-order valence-electron chi connectivity index (χ3n) is 3.83. The van der Waals surface area contributed by atoms with Crippen LogP contribution < -0.4 is 0 Å². The lowest BCUT2D eigenvalue weighted by Crippen LogP contribution is -2.42. The van der Waals surface area contributed by atoms with Gasteiger partial charge < -0.3 is 0 Å². The molecular formula is C17H15NO3. The number of carbonyl (C=O) groups is 2. The van der Waals surface area contributed by atoms with E-state index in [2.05, 4.69) is 0 Å². The van der Waals surface area contributed by atoms with Gasteiger partial charge in [-0.15, -0.1) is 0 Å². The van der Waals surface area contributed by atoms with Crippen LogP contribution in [0.2, 0.25) is 0 Å². The van der Waals surface area contributed by atoms with Gasteiger partial charge in [0.15, 0.2) is 0 Å². The molecule has 1 heterocycles. The SMILES string of the molecule is O=C1c2ccccc2[C@@H](CCc2ccccc2)C(=O)N1O. The third kappa shape index (κ3) is 2.45. The molecule has 0 aromatic heterocycles. The van der Waals surface area contributed by atoms with Crippen molar-refractivity contribution in [3.8, 4) is 0 Å². The Morgan fingerprint density at radius 2 is 1.62 bits per heavy atom. The zero-order valence-corrected chi connectivity index (χ0v) is 11.4. The molecular weight excluding hydrogens is 266 g/mol. The van der Waals surface area contributed by atoms with Crippen molar-refractivity contribution in [3.63, 3.8) is 0 Å². The fourth-order valence-electron chi connectivity index (χ4n) is 2.73. The van der Waals surface area contributed by atoms with Crippen LogP contribution in [0.5, 0.6) is 0 Å². The number of benzene rings is 2. The highest BCUT2D eigenvalue weighted by atomic mass is 16.5. The van der Waals surface area contributed by atoms with Gasteiger partial charge in [-0.2, -0.15) is 5.06 Å². The van der Waals surface area contributed by atoms with Gasteiger partial charge in [0.05, 0.1) is 5.92 Å². The minimum Gasteiger partial charge on any atom is -0.278 e. The number of rotatable bonds is 3. The number of fused-ring (bicyclic) bond motifs is 1. The number of amides is 2. The normalized spacial score (nSPS) is 17.8. The van der Waals surface area contributed by atoms with Gasteiger partial charge in [-0.25, -0.2) is 0 Å². The van der Waals surface area contributed by atoms with Crippen molar-refractivity contribution in [2.45, 2.75) is 18.8 Å². The Bertz CT molecular complexity index is 681. The van der Waals surface area contributed by atoms with Gasteiger partial charge in [0.1, 0.15) is 0 Å². The molecule has 0 spiro atoms. The molecule has 0 aliphatic carbocycles. The van der Waals surface area contributed by atoms with Gasteiger partial charge in [-0.05, 0) is 30.0 Å². The predicted octanol–water partition coefficient (Wildman–Crippen LogP) is 2.77. The topological polar surface area (TPSA) is 57.6 Å². The first-order valence-electron chi connectivity index (χ1n) is 6.88. The van der Waals surface area contributed by atoms with Crippen LogP contribution >= 0.6 is 0 Å². The van der Waals surface area contributed by atoms with E-state index in [0.29, 0.717) is 24.0 Å². The van der Waals surface area contributed by atoms with Crippen LogP contribution in [0.1, 0.15) is 33.8 Å². The average molecular weight is 281 g/mol. The number of carbonyl (C=O) groups excluding carboxylic acids is 2. The van der Waals surface area contributed by atoms with E-state index in [1.165, 1.54) is 0 Å². The Kier molecular flexibility index (Phi) is 3.54. The Morgan fingerprint density at radius 1 is 0.952 bits per heavy atom. The molecule has 0 saturated heterocycles. The maximum absolute atomic E-state index is 12.2. The zero-order chi connectivity index (χ0) is 14.8. The van der Waals surface area contributed by atoms with E-state index in [1.54, 1.807) is 18.2 Å². The molecule has 3 rings (SSSR count). The Hall–Kier alpha value is -2.46. The lowest BCUT2D eigenvalue weighted by molar-refractivity contribution is -0.156. The highest BCUT2D eigenvalue weighted by Gasteiger charge is 2.37. The van der Waals surface area contributed by atoms with Gasteiger partial charge in [-0.1, -0.05) is 48.5 Å². The first-order chi connectivity index (χ1) is 10.2. The molecule has 1 N–H and O–H groups in total. The molecule has 106 valence electrons. The molecule has 1 aliphatic heterocycles. The Morgan fingerprint density at radius 3 is 2.38 bits per heavy atom. The summed E-state index contributed by atoms with van der Waals surface area (Å²) in [6.45, 7) is 0. The number of nitrogens with zero attached hydrogens (tertiary/aromatic N) is 1. The lowest BCUT2D eigenvalue weighted by Gasteiger charge is -2.28. The van der Waals surface area contributed by atoms with Gasteiger partial charge in [0.25, 0.3) is 11.8 Å². The summed E-state index contributed by atoms with van der Waals surface area (Å²) in [6, 6.07) is 16.8. The number of imide groups is 1. The largest absolute Gasteiger partial charge is 0.284 e. The zero-order valence-electron chi connectivity index (χ0n) is 11.4. The molecule has 2 amide bonds. The summed E-state index contributed by atoms with van der Waals surface area (Å²) < 4.78 is 0. The monoisotopic (exact) mass is 281 g/mol. The molecule has 21 heavy (non-hydrogen) atoms. The van der Waals surface area contributed by atoms with E-state index >= 15 is 0 Å².